The molecular formula is C13H22O2. The maximum absolute atomic E-state index is 5.51. The molecule has 0 unspecified atom stereocenters. The van der Waals surface area contributed by atoms with Crippen LogP contribution in [0.15, 0.2) is 24.3 Å². The number of unbranched alkanes of at least 4 members (excludes halogenated alkanes) is 1. The van der Waals surface area contributed by atoms with E-state index in [9.17, 15) is 0 Å². The van der Waals surface area contributed by atoms with Crippen LogP contribution in [0.3, 0.4) is 0 Å². The normalized spacial score (nSPS) is 8.80. The van der Waals surface area contributed by atoms with Crippen LogP contribution < -0.4 is 9.47 Å². The molecule has 0 bridgehead atoms. The highest BCUT2D eigenvalue weighted by molar-refractivity contribution is 5.32. The molecule has 0 spiro atoms. The first-order chi connectivity index (χ1) is 7.36. The number of rotatable bonds is 5. The highest BCUT2D eigenvalue weighted by Crippen LogP contribution is 2.18. The Hall–Kier alpha value is -1.18. The molecule has 0 saturated carbocycles. The lowest BCUT2D eigenvalue weighted by Gasteiger charge is -2.06. The Kier molecular flexibility index (Phi) is 8.64. The topological polar surface area (TPSA) is 18.5 Å². The Bertz CT molecular complexity index is 246. The molecule has 0 aliphatic rings. The molecule has 0 aliphatic heterocycles. The van der Waals surface area contributed by atoms with E-state index in [2.05, 4.69) is 6.92 Å². The molecule has 15 heavy (non-hydrogen) atoms. The number of hydrogen-bond donors (Lipinski definition) is 0. The fourth-order valence-corrected chi connectivity index (χ4v) is 1.03. The molecule has 0 N–H and O–H groups in total. The molecule has 1 aromatic rings. The van der Waals surface area contributed by atoms with Crippen LogP contribution >= 0.6 is 0 Å². The van der Waals surface area contributed by atoms with Crippen molar-refractivity contribution in [1.82, 2.24) is 0 Å². The minimum Gasteiger partial charge on any atom is -0.497 e. The Morgan fingerprint density at radius 1 is 1.13 bits per heavy atom. The molecular weight excluding hydrogens is 188 g/mol. The average molecular weight is 210 g/mol. The minimum atomic E-state index is 0.781. The SMILES string of the molecule is CC.CCCCOc1cccc(OC)c1. The summed E-state index contributed by atoms with van der Waals surface area (Å²) < 4.78 is 10.6. The van der Waals surface area contributed by atoms with Crippen molar-refractivity contribution >= 4 is 0 Å². The average Bonchev–Trinajstić information content (AvgIpc) is 2.32. The summed E-state index contributed by atoms with van der Waals surface area (Å²) in [6.07, 6.45) is 2.25. The number of hydrogen-bond acceptors (Lipinski definition) is 2. The highest BCUT2D eigenvalue weighted by Gasteiger charge is 1.95. The quantitative estimate of drug-likeness (QED) is 0.686. The molecule has 0 saturated heterocycles. The van der Waals surface area contributed by atoms with Crippen molar-refractivity contribution in [3.63, 3.8) is 0 Å². The second kappa shape index (κ2) is 9.38. The molecule has 0 aliphatic carbocycles. The van der Waals surface area contributed by atoms with E-state index in [1.807, 2.05) is 38.1 Å². The summed E-state index contributed by atoms with van der Waals surface area (Å²) in [6.45, 7) is 6.93. The van der Waals surface area contributed by atoms with Crippen molar-refractivity contribution in [3.05, 3.63) is 24.3 Å². The summed E-state index contributed by atoms with van der Waals surface area (Å²) in [5.74, 6) is 1.72. The standard InChI is InChI=1S/C11H16O2.C2H6/c1-3-4-8-13-11-7-5-6-10(9-11)12-2;1-2/h5-7,9H,3-4,8H2,1-2H3;1-2H3. The van der Waals surface area contributed by atoms with Crippen LogP contribution in [-0.4, -0.2) is 13.7 Å². The molecule has 0 aromatic heterocycles. The van der Waals surface area contributed by atoms with Gasteiger partial charge in [0.05, 0.1) is 13.7 Å². The lowest BCUT2D eigenvalue weighted by atomic mass is 10.3. The molecule has 2 nitrogen and oxygen atoms in total. The number of benzene rings is 1. The van der Waals surface area contributed by atoms with Gasteiger partial charge in [0.2, 0.25) is 0 Å². The summed E-state index contributed by atoms with van der Waals surface area (Å²) >= 11 is 0. The first-order valence-corrected chi connectivity index (χ1v) is 5.63. The third kappa shape index (κ3) is 6.00. The molecule has 1 rings (SSSR count). The Labute approximate surface area is 93.2 Å². The number of methoxy groups -OCH3 is 1. The van der Waals surface area contributed by atoms with Gasteiger partial charge in [-0.25, -0.2) is 0 Å². The van der Waals surface area contributed by atoms with Gasteiger partial charge in [0.25, 0.3) is 0 Å². The molecule has 0 heterocycles. The fraction of sp³-hybridized carbons (Fsp3) is 0.538. The summed E-state index contributed by atoms with van der Waals surface area (Å²) in [6, 6.07) is 7.68. The van der Waals surface area contributed by atoms with Gasteiger partial charge >= 0.3 is 0 Å². The predicted octanol–water partition coefficient (Wildman–Crippen LogP) is 3.90. The fourth-order valence-electron chi connectivity index (χ4n) is 1.03. The smallest absolute Gasteiger partial charge is 0.122 e. The first kappa shape index (κ1) is 13.8. The van der Waals surface area contributed by atoms with E-state index in [-0.39, 0.29) is 0 Å². The summed E-state index contributed by atoms with van der Waals surface area (Å²) in [4.78, 5) is 0. The zero-order valence-electron chi connectivity index (χ0n) is 10.2. The summed E-state index contributed by atoms with van der Waals surface area (Å²) in [5.41, 5.74) is 0. The third-order valence-electron chi connectivity index (χ3n) is 1.81. The van der Waals surface area contributed by atoms with Gasteiger partial charge in [-0.05, 0) is 18.6 Å². The van der Waals surface area contributed by atoms with Crippen molar-refractivity contribution < 1.29 is 9.47 Å². The molecule has 0 fully saturated rings. The van der Waals surface area contributed by atoms with Crippen LogP contribution in [0.2, 0.25) is 0 Å². The zero-order valence-corrected chi connectivity index (χ0v) is 10.2. The summed E-state index contributed by atoms with van der Waals surface area (Å²) in [7, 11) is 1.66. The lowest BCUT2D eigenvalue weighted by molar-refractivity contribution is 0.307. The van der Waals surface area contributed by atoms with Crippen molar-refractivity contribution in [1.29, 1.82) is 0 Å². The van der Waals surface area contributed by atoms with Gasteiger partial charge in [0.1, 0.15) is 11.5 Å². The van der Waals surface area contributed by atoms with Gasteiger partial charge in [-0.3, -0.25) is 0 Å². The molecule has 0 radical (unpaired) electrons. The van der Waals surface area contributed by atoms with Gasteiger partial charge in [0, 0.05) is 6.07 Å². The zero-order chi connectivity index (χ0) is 11.5. The van der Waals surface area contributed by atoms with Crippen LogP contribution in [-0.2, 0) is 0 Å². The number of ether oxygens (including phenoxy) is 2. The van der Waals surface area contributed by atoms with Gasteiger partial charge in [-0.15, -0.1) is 0 Å². The van der Waals surface area contributed by atoms with E-state index >= 15 is 0 Å². The van der Waals surface area contributed by atoms with Gasteiger partial charge in [-0.1, -0.05) is 33.3 Å². The highest BCUT2D eigenvalue weighted by atomic mass is 16.5. The van der Waals surface area contributed by atoms with Crippen molar-refractivity contribution in [2.45, 2.75) is 33.6 Å². The van der Waals surface area contributed by atoms with Gasteiger partial charge < -0.3 is 9.47 Å². The largest absolute Gasteiger partial charge is 0.497 e. The van der Waals surface area contributed by atoms with E-state index in [1.54, 1.807) is 7.11 Å². The predicted molar refractivity (Wildman–Crippen MR) is 64.7 cm³/mol. The van der Waals surface area contributed by atoms with Crippen LogP contribution in [0.25, 0.3) is 0 Å². The molecule has 2 heteroatoms. The molecule has 0 amide bonds. The first-order valence-electron chi connectivity index (χ1n) is 5.63. The Morgan fingerprint density at radius 2 is 1.80 bits per heavy atom. The van der Waals surface area contributed by atoms with Crippen LogP contribution in [0.5, 0.6) is 11.5 Å². The van der Waals surface area contributed by atoms with E-state index in [0.717, 1.165) is 30.9 Å². The van der Waals surface area contributed by atoms with E-state index in [4.69, 9.17) is 9.47 Å². The minimum absolute atomic E-state index is 0.781. The second-order valence-corrected chi connectivity index (χ2v) is 2.88. The lowest BCUT2D eigenvalue weighted by Crippen LogP contribution is -1.96. The molecule has 1 aromatic carbocycles. The summed E-state index contributed by atoms with van der Waals surface area (Å²) in [5, 5.41) is 0. The van der Waals surface area contributed by atoms with Crippen LogP contribution in [0.4, 0.5) is 0 Å². The van der Waals surface area contributed by atoms with E-state index < -0.39 is 0 Å². The van der Waals surface area contributed by atoms with Crippen molar-refractivity contribution in [2.75, 3.05) is 13.7 Å². The maximum Gasteiger partial charge on any atom is 0.122 e. The van der Waals surface area contributed by atoms with E-state index in [1.165, 1.54) is 0 Å². The van der Waals surface area contributed by atoms with Crippen molar-refractivity contribution in [2.24, 2.45) is 0 Å². The van der Waals surface area contributed by atoms with Crippen LogP contribution in [0.1, 0.15) is 33.6 Å². The second-order valence-electron chi connectivity index (χ2n) is 2.88. The van der Waals surface area contributed by atoms with E-state index in [0.29, 0.717) is 0 Å². The van der Waals surface area contributed by atoms with Crippen molar-refractivity contribution in [3.8, 4) is 11.5 Å². The monoisotopic (exact) mass is 210 g/mol. The van der Waals surface area contributed by atoms with Crippen LogP contribution in [0, 0.1) is 0 Å². The van der Waals surface area contributed by atoms with Gasteiger partial charge in [0.15, 0.2) is 0 Å². The van der Waals surface area contributed by atoms with Gasteiger partial charge in [-0.2, -0.15) is 0 Å². The Morgan fingerprint density at radius 3 is 2.40 bits per heavy atom. The maximum atomic E-state index is 5.51. The molecule has 86 valence electrons. The third-order valence-corrected chi connectivity index (χ3v) is 1.81. The Balaban J connectivity index is 0.000000921. The molecule has 0 atom stereocenters.